The van der Waals surface area contributed by atoms with Crippen LogP contribution in [0.15, 0.2) is 39.7 Å². The molecule has 0 aliphatic heterocycles. The molecule has 2 heterocycles. The number of hydrogen-bond donors (Lipinski definition) is 1. The van der Waals surface area contributed by atoms with Crippen LogP contribution in [0.25, 0.3) is 21.8 Å². The average molecular weight is 450 g/mol. The highest BCUT2D eigenvalue weighted by molar-refractivity contribution is 9.10. The van der Waals surface area contributed by atoms with Gasteiger partial charge < -0.3 is 14.8 Å². The maximum absolute atomic E-state index is 12.2. The number of nitrogens with zero attached hydrogens (tertiary/aromatic N) is 3. The predicted octanol–water partition coefficient (Wildman–Crippen LogP) is 3.42. The predicted molar refractivity (Wildman–Crippen MR) is 114 cm³/mol. The summed E-state index contributed by atoms with van der Waals surface area (Å²) in [6.07, 6.45) is 1.45. The molecular formula is C20H24BrN3O4. The highest BCUT2D eigenvalue weighted by Crippen LogP contribution is 2.25. The zero-order valence-electron chi connectivity index (χ0n) is 16.4. The molecule has 0 amide bonds. The average Bonchev–Trinajstić information content (AvgIpc) is 2.70. The first-order valence-electron chi connectivity index (χ1n) is 9.02. The number of fused-ring (bicyclic) bond motifs is 2. The van der Waals surface area contributed by atoms with Crippen LogP contribution in [0.3, 0.4) is 0 Å². The molecule has 0 aliphatic rings. The SMILES string of the molecule is CCN(CC)CC.COn1cc(Br)c2nc3c(C(=O)O)cccc3cc2c1=O. The van der Waals surface area contributed by atoms with E-state index in [2.05, 4.69) is 46.6 Å². The number of rotatable bonds is 5. The molecule has 0 saturated carbocycles. The summed E-state index contributed by atoms with van der Waals surface area (Å²) in [4.78, 5) is 35.2. The Kier molecular flexibility index (Phi) is 7.53. The molecule has 7 nitrogen and oxygen atoms in total. The molecule has 0 fully saturated rings. The number of pyridine rings is 2. The molecule has 3 rings (SSSR count). The summed E-state index contributed by atoms with van der Waals surface area (Å²) >= 11 is 3.32. The Morgan fingerprint density at radius 3 is 2.36 bits per heavy atom. The summed E-state index contributed by atoms with van der Waals surface area (Å²) in [6, 6.07) is 6.43. The smallest absolute Gasteiger partial charge is 0.337 e. The summed E-state index contributed by atoms with van der Waals surface area (Å²) in [5, 5.41) is 10.2. The first-order valence-corrected chi connectivity index (χ1v) is 9.81. The Hall–Kier alpha value is -2.45. The number of halogens is 1. The molecule has 1 aromatic carbocycles. The Balaban J connectivity index is 0.000000345. The zero-order valence-corrected chi connectivity index (χ0v) is 18.0. The van der Waals surface area contributed by atoms with Crippen LogP contribution in [0, 0.1) is 0 Å². The number of aromatic nitrogens is 2. The lowest BCUT2D eigenvalue weighted by molar-refractivity contribution is 0.0699. The van der Waals surface area contributed by atoms with Gasteiger partial charge in [0.15, 0.2) is 0 Å². The van der Waals surface area contributed by atoms with Gasteiger partial charge >= 0.3 is 5.97 Å². The second-order valence-electron chi connectivity index (χ2n) is 5.98. The van der Waals surface area contributed by atoms with Gasteiger partial charge in [0.25, 0.3) is 5.56 Å². The molecule has 0 saturated heterocycles. The largest absolute Gasteiger partial charge is 0.478 e. The quantitative estimate of drug-likeness (QED) is 0.600. The Morgan fingerprint density at radius 1 is 1.21 bits per heavy atom. The minimum Gasteiger partial charge on any atom is -0.478 e. The van der Waals surface area contributed by atoms with Crippen LogP contribution >= 0.6 is 15.9 Å². The van der Waals surface area contributed by atoms with E-state index in [0.717, 1.165) is 4.73 Å². The third-order valence-corrected chi connectivity index (χ3v) is 5.08. The van der Waals surface area contributed by atoms with Gasteiger partial charge in [-0.05, 0) is 47.7 Å². The molecule has 3 aromatic rings. The van der Waals surface area contributed by atoms with Crippen molar-refractivity contribution in [1.29, 1.82) is 0 Å². The second-order valence-corrected chi connectivity index (χ2v) is 6.83. The van der Waals surface area contributed by atoms with Crippen molar-refractivity contribution >= 4 is 43.7 Å². The van der Waals surface area contributed by atoms with Crippen molar-refractivity contribution in [3.63, 3.8) is 0 Å². The third kappa shape index (κ3) is 4.51. The molecular weight excluding hydrogens is 426 g/mol. The van der Waals surface area contributed by atoms with E-state index in [-0.39, 0.29) is 11.1 Å². The second kappa shape index (κ2) is 9.66. The van der Waals surface area contributed by atoms with Gasteiger partial charge in [-0.2, -0.15) is 4.73 Å². The summed E-state index contributed by atoms with van der Waals surface area (Å²) in [6.45, 7) is 10.1. The van der Waals surface area contributed by atoms with Gasteiger partial charge in [0, 0.05) is 5.39 Å². The summed E-state index contributed by atoms with van der Waals surface area (Å²) in [5.74, 6) is -1.06. The number of benzene rings is 1. The van der Waals surface area contributed by atoms with Gasteiger partial charge in [-0.15, -0.1) is 0 Å². The van der Waals surface area contributed by atoms with E-state index in [0.29, 0.717) is 26.3 Å². The lowest BCUT2D eigenvalue weighted by Gasteiger charge is -2.13. The molecule has 8 heteroatoms. The van der Waals surface area contributed by atoms with Crippen molar-refractivity contribution in [2.45, 2.75) is 20.8 Å². The molecule has 0 unspecified atom stereocenters. The molecule has 1 N–H and O–H groups in total. The lowest BCUT2D eigenvalue weighted by Crippen LogP contribution is -2.24. The fourth-order valence-electron chi connectivity index (χ4n) is 2.86. The molecule has 150 valence electrons. The van der Waals surface area contributed by atoms with E-state index in [1.165, 1.54) is 39.0 Å². The lowest BCUT2D eigenvalue weighted by atomic mass is 10.1. The summed E-state index contributed by atoms with van der Waals surface area (Å²) in [7, 11) is 1.39. The van der Waals surface area contributed by atoms with Crippen LogP contribution in [0.1, 0.15) is 31.1 Å². The summed E-state index contributed by atoms with van der Waals surface area (Å²) < 4.78 is 1.63. The number of carboxylic acid groups (broad SMARTS) is 1. The Labute approximate surface area is 171 Å². The Morgan fingerprint density at radius 2 is 1.86 bits per heavy atom. The summed E-state index contributed by atoms with van der Waals surface area (Å²) in [5.41, 5.74) is 0.477. The fourth-order valence-corrected chi connectivity index (χ4v) is 3.35. The molecule has 0 bridgehead atoms. The number of para-hydroxylation sites is 1. The number of carboxylic acids is 1. The van der Waals surface area contributed by atoms with Gasteiger partial charge in [0.05, 0.1) is 32.7 Å². The monoisotopic (exact) mass is 449 g/mol. The molecule has 0 spiro atoms. The van der Waals surface area contributed by atoms with E-state index in [4.69, 9.17) is 4.84 Å². The van der Waals surface area contributed by atoms with E-state index >= 15 is 0 Å². The first-order chi connectivity index (χ1) is 13.4. The van der Waals surface area contributed by atoms with Crippen LogP contribution in [0.5, 0.6) is 0 Å². The minimum atomic E-state index is -1.06. The van der Waals surface area contributed by atoms with E-state index < -0.39 is 5.97 Å². The molecule has 0 radical (unpaired) electrons. The van der Waals surface area contributed by atoms with Crippen LogP contribution in [-0.2, 0) is 0 Å². The highest BCUT2D eigenvalue weighted by Gasteiger charge is 2.14. The zero-order chi connectivity index (χ0) is 20.8. The van der Waals surface area contributed by atoms with Gasteiger partial charge in [-0.25, -0.2) is 9.78 Å². The van der Waals surface area contributed by atoms with Crippen LogP contribution < -0.4 is 10.4 Å². The topological polar surface area (TPSA) is 84.7 Å². The number of hydrogen-bond acceptors (Lipinski definition) is 5. The van der Waals surface area contributed by atoms with E-state index in [1.54, 1.807) is 18.2 Å². The molecule has 0 atom stereocenters. The van der Waals surface area contributed by atoms with Crippen LogP contribution in [-0.4, -0.2) is 52.4 Å². The normalized spacial score (nSPS) is 10.8. The minimum absolute atomic E-state index is 0.0946. The van der Waals surface area contributed by atoms with Gasteiger partial charge in [-0.3, -0.25) is 4.79 Å². The molecule has 28 heavy (non-hydrogen) atoms. The first kappa shape index (κ1) is 21.8. The molecule has 0 aliphatic carbocycles. The van der Waals surface area contributed by atoms with Crippen molar-refractivity contribution in [2.24, 2.45) is 0 Å². The fraction of sp³-hybridized carbons (Fsp3) is 0.350. The maximum atomic E-state index is 12.2. The number of carbonyl (C=O) groups is 1. The van der Waals surface area contributed by atoms with E-state index in [1.807, 2.05) is 0 Å². The van der Waals surface area contributed by atoms with Crippen molar-refractivity contribution in [3.8, 4) is 0 Å². The van der Waals surface area contributed by atoms with Gasteiger partial charge in [-0.1, -0.05) is 32.9 Å². The van der Waals surface area contributed by atoms with Gasteiger partial charge in [0.1, 0.15) is 7.11 Å². The van der Waals surface area contributed by atoms with Crippen molar-refractivity contribution in [2.75, 3.05) is 26.7 Å². The maximum Gasteiger partial charge on any atom is 0.337 e. The van der Waals surface area contributed by atoms with Gasteiger partial charge in [0.2, 0.25) is 0 Å². The molecule has 2 aromatic heterocycles. The van der Waals surface area contributed by atoms with Crippen LogP contribution in [0.2, 0.25) is 0 Å². The van der Waals surface area contributed by atoms with Crippen molar-refractivity contribution < 1.29 is 14.7 Å². The Bertz CT molecular complexity index is 1040. The van der Waals surface area contributed by atoms with Crippen molar-refractivity contribution in [3.05, 3.63) is 50.9 Å². The van der Waals surface area contributed by atoms with Crippen LogP contribution in [0.4, 0.5) is 0 Å². The standard InChI is InChI=1S/C14H9BrN2O4.C6H15N/c1-21-17-6-10(15)12-9(13(17)18)5-7-3-2-4-8(14(19)20)11(7)16-12;1-4-7(5-2)6-3/h2-6H,1H3,(H,19,20);4-6H2,1-3H3. The third-order valence-electron chi connectivity index (χ3n) is 4.50. The number of aromatic carboxylic acids is 1. The van der Waals surface area contributed by atoms with Crippen molar-refractivity contribution in [1.82, 2.24) is 14.6 Å². The van der Waals surface area contributed by atoms with E-state index in [9.17, 15) is 14.7 Å². The highest BCUT2D eigenvalue weighted by atomic mass is 79.9.